The minimum Gasteiger partial charge on any atom is -0.353 e. The van der Waals surface area contributed by atoms with Gasteiger partial charge in [-0.1, -0.05) is 6.07 Å². The highest BCUT2D eigenvalue weighted by molar-refractivity contribution is 7.10. The third kappa shape index (κ3) is 4.32. The van der Waals surface area contributed by atoms with Gasteiger partial charge in [0.15, 0.2) is 0 Å². The Bertz CT molecular complexity index is 542. The van der Waals surface area contributed by atoms with E-state index >= 15 is 0 Å². The largest absolute Gasteiger partial charge is 0.353 e. The first-order valence-corrected chi connectivity index (χ1v) is 9.33. The summed E-state index contributed by atoms with van der Waals surface area (Å²) in [5.41, 5.74) is 0. The maximum absolute atomic E-state index is 12.5. The average Bonchev–Trinajstić information content (AvgIpc) is 3.05. The normalized spacial score (nSPS) is 21.0. The number of likely N-dealkylation sites (N-methyl/N-ethyl adjacent to an activating group) is 1. The summed E-state index contributed by atoms with van der Waals surface area (Å²) in [7, 11) is 2.11. The Morgan fingerprint density at radius 1 is 1.39 bits per heavy atom. The first-order valence-electron chi connectivity index (χ1n) is 8.45. The van der Waals surface area contributed by atoms with Crippen molar-refractivity contribution in [2.45, 2.75) is 44.2 Å². The number of nitrogens with zero attached hydrogens (tertiary/aromatic N) is 2. The molecule has 1 saturated carbocycles. The van der Waals surface area contributed by atoms with Gasteiger partial charge in [0.25, 0.3) is 0 Å². The summed E-state index contributed by atoms with van der Waals surface area (Å²) < 4.78 is 0. The molecule has 1 unspecified atom stereocenters. The van der Waals surface area contributed by atoms with E-state index in [1.807, 2.05) is 17.5 Å². The maximum Gasteiger partial charge on any atom is 0.242 e. The van der Waals surface area contributed by atoms with Crippen LogP contribution in [-0.2, 0) is 16.0 Å². The summed E-state index contributed by atoms with van der Waals surface area (Å²) in [5.74, 6) is 0.0754. The molecule has 1 aliphatic carbocycles. The van der Waals surface area contributed by atoms with E-state index in [0.717, 1.165) is 24.3 Å². The van der Waals surface area contributed by atoms with E-state index in [4.69, 9.17) is 0 Å². The molecule has 0 aromatic carbocycles. The van der Waals surface area contributed by atoms with Crippen LogP contribution in [0.2, 0.25) is 0 Å². The van der Waals surface area contributed by atoms with E-state index in [0.29, 0.717) is 25.6 Å². The minimum absolute atomic E-state index is 0.00577. The van der Waals surface area contributed by atoms with E-state index in [1.54, 1.807) is 16.2 Å². The molecule has 2 aliphatic rings. The molecule has 1 aromatic rings. The number of rotatable bonds is 7. The molecule has 126 valence electrons. The Morgan fingerprint density at radius 2 is 2.22 bits per heavy atom. The van der Waals surface area contributed by atoms with E-state index in [-0.39, 0.29) is 17.9 Å². The highest BCUT2D eigenvalue weighted by Crippen LogP contribution is 2.24. The van der Waals surface area contributed by atoms with Gasteiger partial charge in [0.2, 0.25) is 11.8 Å². The van der Waals surface area contributed by atoms with E-state index in [9.17, 15) is 9.59 Å². The van der Waals surface area contributed by atoms with Crippen LogP contribution in [0.15, 0.2) is 17.5 Å². The minimum atomic E-state index is -0.284. The third-order valence-corrected chi connectivity index (χ3v) is 5.59. The number of hydrogen-bond acceptors (Lipinski definition) is 4. The summed E-state index contributed by atoms with van der Waals surface area (Å²) in [6, 6.07) is 4.36. The lowest BCUT2D eigenvalue weighted by atomic mass is 10.2. The molecule has 23 heavy (non-hydrogen) atoms. The highest BCUT2D eigenvalue weighted by Gasteiger charge is 2.34. The van der Waals surface area contributed by atoms with Gasteiger partial charge in [-0.2, -0.15) is 0 Å². The van der Waals surface area contributed by atoms with Crippen molar-refractivity contribution in [2.75, 3.05) is 26.7 Å². The van der Waals surface area contributed by atoms with Gasteiger partial charge in [-0.05, 0) is 44.2 Å². The highest BCUT2D eigenvalue weighted by atomic mass is 32.1. The summed E-state index contributed by atoms with van der Waals surface area (Å²) in [5, 5.41) is 4.99. The lowest BCUT2D eigenvalue weighted by Gasteiger charge is -2.24. The van der Waals surface area contributed by atoms with Crippen LogP contribution >= 0.6 is 11.3 Å². The SMILES string of the molecule is CN(CCNC(=O)C1CCCN1C(=O)Cc1cccs1)C1CC1. The van der Waals surface area contributed by atoms with Crippen LogP contribution in [-0.4, -0.2) is 60.4 Å². The molecule has 0 radical (unpaired) electrons. The Kier molecular flexibility index (Phi) is 5.33. The predicted molar refractivity (Wildman–Crippen MR) is 91.4 cm³/mol. The second-order valence-electron chi connectivity index (χ2n) is 6.50. The first kappa shape index (κ1) is 16.5. The Morgan fingerprint density at radius 3 is 2.91 bits per heavy atom. The molecule has 1 N–H and O–H groups in total. The van der Waals surface area contributed by atoms with Crippen molar-refractivity contribution in [3.63, 3.8) is 0 Å². The molecule has 2 fully saturated rings. The number of nitrogens with one attached hydrogen (secondary N) is 1. The van der Waals surface area contributed by atoms with Crippen molar-refractivity contribution in [2.24, 2.45) is 0 Å². The van der Waals surface area contributed by atoms with Crippen LogP contribution in [0.5, 0.6) is 0 Å². The van der Waals surface area contributed by atoms with Gasteiger partial charge < -0.3 is 15.1 Å². The van der Waals surface area contributed by atoms with Crippen LogP contribution in [0.1, 0.15) is 30.6 Å². The molecule has 1 aliphatic heterocycles. The zero-order valence-electron chi connectivity index (χ0n) is 13.7. The van der Waals surface area contributed by atoms with E-state index < -0.39 is 0 Å². The summed E-state index contributed by atoms with van der Waals surface area (Å²) in [6.45, 7) is 2.24. The predicted octanol–water partition coefficient (Wildman–Crippen LogP) is 1.49. The van der Waals surface area contributed by atoms with Gasteiger partial charge >= 0.3 is 0 Å². The summed E-state index contributed by atoms with van der Waals surface area (Å²) in [6.07, 6.45) is 4.65. The third-order valence-electron chi connectivity index (χ3n) is 4.72. The molecular weight excluding hydrogens is 310 g/mol. The lowest BCUT2D eigenvalue weighted by molar-refractivity contribution is -0.137. The van der Waals surface area contributed by atoms with Crippen molar-refractivity contribution in [1.82, 2.24) is 15.1 Å². The zero-order valence-corrected chi connectivity index (χ0v) is 14.5. The molecule has 1 atom stereocenters. The smallest absolute Gasteiger partial charge is 0.242 e. The monoisotopic (exact) mass is 335 g/mol. The van der Waals surface area contributed by atoms with Gasteiger partial charge in [-0.25, -0.2) is 0 Å². The van der Waals surface area contributed by atoms with Crippen molar-refractivity contribution in [3.05, 3.63) is 22.4 Å². The average molecular weight is 335 g/mol. The van der Waals surface area contributed by atoms with Gasteiger partial charge in [-0.15, -0.1) is 11.3 Å². The van der Waals surface area contributed by atoms with Crippen molar-refractivity contribution in [1.29, 1.82) is 0 Å². The van der Waals surface area contributed by atoms with Crippen LogP contribution in [0.4, 0.5) is 0 Å². The topological polar surface area (TPSA) is 52.7 Å². The summed E-state index contributed by atoms with van der Waals surface area (Å²) >= 11 is 1.59. The number of amides is 2. The number of likely N-dealkylation sites (tertiary alicyclic amines) is 1. The number of thiophene rings is 1. The number of hydrogen-bond donors (Lipinski definition) is 1. The van der Waals surface area contributed by atoms with Crippen molar-refractivity contribution >= 4 is 23.2 Å². The first-order chi connectivity index (χ1) is 11.1. The van der Waals surface area contributed by atoms with E-state index in [1.165, 1.54) is 12.8 Å². The molecule has 0 spiro atoms. The quantitative estimate of drug-likeness (QED) is 0.821. The molecule has 1 saturated heterocycles. The molecule has 3 rings (SSSR count). The van der Waals surface area contributed by atoms with Crippen molar-refractivity contribution in [3.8, 4) is 0 Å². The number of carbonyl (C=O) groups excluding carboxylic acids is 2. The van der Waals surface area contributed by atoms with Crippen LogP contribution < -0.4 is 5.32 Å². The van der Waals surface area contributed by atoms with Crippen LogP contribution in [0.25, 0.3) is 0 Å². The van der Waals surface area contributed by atoms with Crippen LogP contribution in [0, 0.1) is 0 Å². The Balaban J connectivity index is 1.47. The van der Waals surface area contributed by atoms with E-state index in [2.05, 4.69) is 17.3 Å². The molecule has 1 aromatic heterocycles. The molecule has 2 amide bonds. The fourth-order valence-electron chi connectivity index (χ4n) is 3.17. The van der Waals surface area contributed by atoms with Crippen LogP contribution in [0.3, 0.4) is 0 Å². The molecule has 2 heterocycles. The second-order valence-corrected chi connectivity index (χ2v) is 7.54. The maximum atomic E-state index is 12.5. The van der Waals surface area contributed by atoms with Gasteiger partial charge in [-0.3, -0.25) is 9.59 Å². The second kappa shape index (κ2) is 7.45. The fourth-order valence-corrected chi connectivity index (χ4v) is 3.87. The van der Waals surface area contributed by atoms with Gasteiger partial charge in [0.05, 0.1) is 6.42 Å². The lowest BCUT2D eigenvalue weighted by Crippen LogP contribution is -2.47. The zero-order chi connectivity index (χ0) is 16.2. The Labute approximate surface area is 141 Å². The molecule has 0 bridgehead atoms. The summed E-state index contributed by atoms with van der Waals surface area (Å²) in [4.78, 5) is 30.0. The molecule has 5 nitrogen and oxygen atoms in total. The van der Waals surface area contributed by atoms with Gasteiger partial charge in [0, 0.05) is 30.6 Å². The van der Waals surface area contributed by atoms with Crippen molar-refractivity contribution < 1.29 is 9.59 Å². The number of carbonyl (C=O) groups is 2. The fraction of sp³-hybridized carbons (Fsp3) is 0.647. The standard InChI is InChI=1S/C17H25N3O2S/c1-19(13-6-7-13)10-8-18-17(22)15-5-2-9-20(15)16(21)12-14-4-3-11-23-14/h3-4,11,13,15H,2,5-10,12H2,1H3,(H,18,22). The molecule has 6 heteroatoms. The van der Waals surface area contributed by atoms with Gasteiger partial charge in [0.1, 0.15) is 6.04 Å². The Hall–Kier alpha value is -1.40. The molecular formula is C17H25N3O2S.